The molecule has 1 aliphatic heterocycles. The first-order valence-corrected chi connectivity index (χ1v) is 12.9. The molecule has 233 valence electrons. The Hall–Kier alpha value is -3.38. The highest BCUT2D eigenvalue weighted by molar-refractivity contribution is 5.92. The maximum Gasteiger partial charge on any atom is 0.249 e. The van der Waals surface area contributed by atoms with Gasteiger partial charge in [0.1, 0.15) is 48.6 Å². The second kappa shape index (κ2) is 16.8. The van der Waals surface area contributed by atoms with Gasteiger partial charge < -0.3 is 57.1 Å². The molecule has 1 heterocycles. The molecular formula is C24H41N6O11. The largest absolute Gasteiger partial charge is 0.394 e. The van der Waals surface area contributed by atoms with Crippen LogP contribution in [0, 0.1) is 6.92 Å². The van der Waals surface area contributed by atoms with Crippen molar-refractivity contribution >= 4 is 35.4 Å². The highest BCUT2D eigenvalue weighted by atomic mass is 16.6. The van der Waals surface area contributed by atoms with Crippen LogP contribution in [0.15, 0.2) is 0 Å². The minimum atomic E-state index is -1.66. The summed E-state index contributed by atoms with van der Waals surface area (Å²) in [5.74, 6) is -4.16. The molecule has 9 atom stereocenters. The lowest BCUT2D eigenvalue weighted by Gasteiger charge is -2.43. The topological polar surface area (TPSA) is 268 Å². The fourth-order valence-electron chi connectivity index (χ4n) is 3.84. The molecule has 1 radical (unpaired) electrons. The number of rotatable bonds is 15. The molecular weight excluding hydrogens is 548 g/mol. The van der Waals surface area contributed by atoms with Crippen LogP contribution < -0.4 is 32.3 Å². The quantitative estimate of drug-likeness (QED) is 0.0873. The van der Waals surface area contributed by atoms with Crippen LogP contribution in [-0.2, 0) is 38.2 Å². The molecule has 17 heteroatoms. The Bertz CT molecular complexity index is 951. The molecule has 1 fully saturated rings. The third-order valence-corrected chi connectivity index (χ3v) is 6.12. The first kappa shape index (κ1) is 35.6. The van der Waals surface area contributed by atoms with E-state index in [2.05, 4.69) is 33.5 Å². The molecule has 0 aromatic heterocycles. The summed E-state index contributed by atoms with van der Waals surface area (Å²) in [4.78, 5) is 72.6. The highest BCUT2D eigenvalue weighted by Crippen LogP contribution is 2.23. The minimum absolute atomic E-state index is 0.136. The standard InChI is InChI=1S/C24H41N6O11/c1-6-26-21(36)10(2)27-16(33)8-7-14(20(25)35)30-22(37)11(3)28-23(38)12(4)40-19-17(29-13(5)32)24(39)41-15(9-31)18(19)34/h10-12,14-15,17-19,24,31,34,39H,1,6-9H2,2-5H3,(H2,25,35)(H,26,36)(H,27,33)(H,28,38)(H,29,32)(H,30,37)/t10-,11-,12+,14+,15+,17+,18+,19-,24?/m0/s1. The maximum atomic E-state index is 12.7. The zero-order valence-electron chi connectivity index (χ0n) is 23.4. The van der Waals surface area contributed by atoms with Crippen LogP contribution in [0.1, 0.15) is 40.5 Å². The molecule has 41 heavy (non-hydrogen) atoms. The van der Waals surface area contributed by atoms with E-state index in [9.17, 15) is 44.1 Å². The fourth-order valence-corrected chi connectivity index (χ4v) is 3.84. The van der Waals surface area contributed by atoms with Gasteiger partial charge in [0.15, 0.2) is 6.29 Å². The van der Waals surface area contributed by atoms with Gasteiger partial charge in [-0.1, -0.05) is 0 Å². The maximum absolute atomic E-state index is 12.7. The second-order valence-electron chi connectivity index (χ2n) is 9.52. The van der Waals surface area contributed by atoms with Crippen molar-refractivity contribution in [3.63, 3.8) is 0 Å². The zero-order valence-corrected chi connectivity index (χ0v) is 23.4. The summed E-state index contributed by atoms with van der Waals surface area (Å²) < 4.78 is 10.7. The number of primary amides is 1. The van der Waals surface area contributed by atoms with Crippen molar-refractivity contribution in [1.82, 2.24) is 26.6 Å². The monoisotopic (exact) mass is 589 g/mol. The molecule has 1 aliphatic rings. The fraction of sp³-hybridized carbons (Fsp3) is 0.708. The second-order valence-corrected chi connectivity index (χ2v) is 9.52. The number of hydrogen-bond acceptors (Lipinski definition) is 11. The molecule has 0 aliphatic carbocycles. The number of carbonyl (C=O) groups is 6. The Kier molecular flexibility index (Phi) is 14.6. The van der Waals surface area contributed by atoms with Crippen LogP contribution in [0.5, 0.6) is 0 Å². The first-order valence-electron chi connectivity index (χ1n) is 12.9. The molecule has 0 spiro atoms. The number of aliphatic hydroxyl groups is 3. The first-order chi connectivity index (χ1) is 19.1. The van der Waals surface area contributed by atoms with E-state index in [-0.39, 0.29) is 19.4 Å². The summed E-state index contributed by atoms with van der Waals surface area (Å²) in [5.41, 5.74) is 5.34. The zero-order chi connectivity index (χ0) is 31.4. The number of aliphatic hydroxyl groups excluding tert-OH is 3. The van der Waals surface area contributed by atoms with Crippen LogP contribution in [0.25, 0.3) is 0 Å². The summed E-state index contributed by atoms with van der Waals surface area (Å²) in [5, 5.41) is 42.1. The van der Waals surface area contributed by atoms with E-state index >= 15 is 0 Å². The van der Waals surface area contributed by atoms with Gasteiger partial charge in [0, 0.05) is 19.9 Å². The van der Waals surface area contributed by atoms with E-state index in [4.69, 9.17) is 15.2 Å². The van der Waals surface area contributed by atoms with Gasteiger partial charge in [-0.2, -0.15) is 0 Å². The molecule has 1 saturated heterocycles. The van der Waals surface area contributed by atoms with E-state index in [0.717, 1.165) is 6.92 Å². The van der Waals surface area contributed by atoms with E-state index in [1.807, 2.05) is 0 Å². The van der Waals surface area contributed by atoms with Gasteiger partial charge in [-0.25, -0.2) is 0 Å². The number of ether oxygens (including phenoxy) is 2. The third-order valence-electron chi connectivity index (χ3n) is 6.12. The van der Waals surface area contributed by atoms with Gasteiger partial charge in [0.05, 0.1) is 6.61 Å². The lowest BCUT2D eigenvalue weighted by molar-refractivity contribution is -0.266. The predicted molar refractivity (Wildman–Crippen MR) is 140 cm³/mol. The van der Waals surface area contributed by atoms with Crippen molar-refractivity contribution in [3.8, 4) is 0 Å². The van der Waals surface area contributed by atoms with Gasteiger partial charge in [0.25, 0.3) is 0 Å². The van der Waals surface area contributed by atoms with Crippen molar-refractivity contribution in [2.45, 2.75) is 95.4 Å². The Labute approximate surface area is 237 Å². The smallest absolute Gasteiger partial charge is 0.249 e. The van der Waals surface area contributed by atoms with E-state index < -0.39 is 96.9 Å². The molecule has 0 saturated carbocycles. The molecule has 1 rings (SSSR count). The average Bonchev–Trinajstić information content (AvgIpc) is 2.89. The Morgan fingerprint density at radius 1 is 0.976 bits per heavy atom. The van der Waals surface area contributed by atoms with E-state index in [0.29, 0.717) is 0 Å². The number of nitrogens with two attached hydrogens (primary N) is 1. The normalized spacial score (nSPS) is 25.0. The van der Waals surface area contributed by atoms with Crippen LogP contribution in [0.2, 0.25) is 0 Å². The Morgan fingerprint density at radius 2 is 1.59 bits per heavy atom. The lowest BCUT2D eigenvalue weighted by Crippen LogP contribution is -2.65. The minimum Gasteiger partial charge on any atom is -0.394 e. The van der Waals surface area contributed by atoms with Crippen molar-refractivity contribution < 1.29 is 53.6 Å². The van der Waals surface area contributed by atoms with Crippen molar-refractivity contribution in [3.05, 3.63) is 6.92 Å². The average molecular weight is 590 g/mol. The predicted octanol–water partition coefficient (Wildman–Crippen LogP) is -4.95. The summed E-state index contributed by atoms with van der Waals surface area (Å²) in [6.45, 7) is 8.13. The summed E-state index contributed by atoms with van der Waals surface area (Å²) in [7, 11) is 0. The van der Waals surface area contributed by atoms with Gasteiger partial charge >= 0.3 is 0 Å². The molecule has 0 aromatic rings. The Balaban J connectivity index is 2.74. The number of amides is 6. The van der Waals surface area contributed by atoms with Gasteiger partial charge in [-0.05, 0) is 34.1 Å². The van der Waals surface area contributed by atoms with Crippen LogP contribution in [0.4, 0.5) is 0 Å². The Morgan fingerprint density at radius 3 is 2.12 bits per heavy atom. The van der Waals surface area contributed by atoms with Crippen molar-refractivity contribution in [2.24, 2.45) is 5.73 Å². The van der Waals surface area contributed by atoms with Gasteiger partial charge in [-0.3, -0.25) is 28.8 Å². The SMILES string of the molecule is [CH2]CNC(=O)[C@H](C)NC(=O)CC[C@@H](NC(=O)[C@H](C)NC(=O)[C@@H](C)O[C@@H]1[C@H](O)[C@@H](CO)OC(O)[C@@H]1NC(C)=O)C(N)=O. The third kappa shape index (κ3) is 11.2. The molecule has 17 nitrogen and oxygen atoms in total. The summed E-state index contributed by atoms with van der Waals surface area (Å²) in [6, 6.07) is -4.61. The number of nitrogens with one attached hydrogen (secondary N) is 5. The van der Waals surface area contributed by atoms with E-state index in [1.165, 1.54) is 20.8 Å². The van der Waals surface area contributed by atoms with Crippen LogP contribution >= 0.6 is 0 Å². The molecule has 6 amide bonds. The van der Waals surface area contributed by atoms with Crippen LogP contribution in [-0.4, -0.2) is 119 Å². The molecule has 10 N–H and O–H groups in total. The van der Waals surface area contributed by atoms with E-state index in [1.54, 1.807) is 0 Å². The summed E-state index contributed by atoms with van der Waals surface area (Å²) >= 11 is 0. The van der Waals surface area contributed by atoms with Crippen molar-refractivity contribution in [2.75, 3.05) is 13.2 Å². The molecule has 0 aromatic carbocycles. The van der Waals surface area contributed by atoms with Crippen molar-refractivity contribution in [1.29, 1.82) is 0 Å². The van der Waals surface area contributed by atoms with Gasteiger partial charge in [0.2, 0.25) is 35.4 Å². The number of hydrogen-bond donors (Lipinski definition) is 9. The van der Waals surface area contributed by atoms with Gasteiger partial charge in [-0.15, -0.1) is 0 Å². The number of carbonyl (C=O) groups excluding carboxylic acids is 6. The lowest BCUT2D eigenvalue weighted by atomic mass is 9.96. The molecule has 0 bridgehead atoms. The molecule has 1 unspecified atom stereocenters. The summed E-state index contributed by atoms with van der Waals surface area (Å²) in [6.07, 6.45) is -7.59. The van der Waals surface area contributed by atoms with Crippen LogP contribution in [0.3, 0.4) is 0 Å². The highest BCUT2D eigenvalue weighted by Gasteiger charge is 2.47.